The van der Waals surface area contributed by atoms with Crippen LogP contribution in [0.15, 0.2) is 6.07 Å². The van der Waals surface area contributed by atoms with Crippen molar-refractivity contribution in [1.82, 2.24) is 4.98 Å². The standard InChI is InChI=1S/C13H17N3/c1-9(2)16(3)13-11(8-14)7-10-5-4-6-12(10)15-13/h7,9H,4-6H2,1-3H3. The van der Waals surface area contributed by atoms with Gasteiger partial charge in [-0.25, -0.2) is 4.98 Å². The van der Waals surface area contributed by atoms with Gasteiger partial charge in [0.05, 0.1) is 5.56 Å². The predicted octanol–water partition coefficient (Wildman–Crippen LogP) is 2.29. The van der Waals surface area contributed by atoms with E-state index in [1.165, 1.54) is 17.7 Å². The van der Waals surface area contributed by atoms with Gasteiger partial charge in [-0.3, -0.25) is 0 Å². The second-order valence-corrected chi connectivity index (χ2v) is 4.64. The number of anilines is 1. The second-order valence-electron chi connectivity index (χ2n) is 4.64. The summed E-state index contributed by atoms with van der Waals surface area (Å²) in [5.74, 6) is 0.832. The molecule has 0 bridgehead atoms. The van der Waals surface area contributed by atoms with Crippen LogP contribution in [-0.4, -0.2) is 18.1 Å². The molecule has 2 rings (SSSR count). The lowest BCUT2D eigenvalue weighted by atomic mass is 10.1. The maximum Gasteiger partial charge on any atom is 0.146 e. The Kier molecular flexibility index (Phi) is 2.82. The molecule has 0 saturated carbocycles. The van der Waals surface area contributed by atoms with Crippen molar-refractivity contribution in [2.75, 3.05) is 11.9 Å². The molecule has 0 saturated heterocycles. The minimum absolute atomic E-state index is 0.360. The Bertz CT molecular complexity index is 443. The van der Waals surface area contributed by atoms with Crippen molar-refractivity contribution in [3.8, 4) is 6.07 Å². The molecule has 3 heteroatoms. The monoisotopic (exact) mass is 215 g/mol. The van der Waals surface area contributed by atoms with Crippen LogP contribution in [-0.2, 0) is 12.8 Å². The van der Waals surface area contributed by atoms with E-state index in [4.69, 9.17) is 5.26 Å². The van der Waals surface area contributed by atoms with Crippen molar-refractivity contribution in [3.05, 3.63) is 22.9 Å². The highest BCUT2D eigenvalue weighted by atomic mass is 15.2. The fraction of sp³-hybridized carbons (Fsp3) is 0.538. The van der Waals surface area contributed by atoms with E-state index in [0.29, 0.717) is 11.6 Å². The fourth-order valence-electron chi connectivity index (χ4n) is 2.06. The third kappa shape index (κ3) is 1.76. The first kappa shape index (κ1) is 10.9. The number of fused-ring (bicyclic) bond motifs is 1. The van der Waals surface area contributed by atoms with Gasteiger partial charge in [0.25, 0.3) is 0 Å². The van der Waals surface area contributed by atoms with E-state index in [1.807, 2.05) is 13.1 Å². The summed E-state index contributed by atoms with van der Waals surface area (Å²) in [4.78, 5) is 6.72. The molecule has 0 aliphatic heterocycles. The molecular weight excluding hydrogens is 198 g/mol. The average molecular weight is 215 g/mol. The van der Waals surface area contributed by atoms with Gasteiger partial charge in [-0.1, -0.05) is 0 Å². The highest BCUT2D eigenvalue weighted by Gasteiger charge is 2.19. The van der Waals surface area contributed by atoms with E-state index in [9.17, 15) is 0 Å². The topological polar surface area (TPSA) is 39.9 Å². The van der Waals surface area contributed by atoms with Gasteiger partial charge < -0.3 is 4.90 Å². The normalized spacial score (nSPS) is 13.7. The van der Waals surface area contributed by atoms with Gasteiger partial charge in [-0.2, -0.15) is 5.26 Å². The zero-order chi connectivity index (χ0) is 11.7. The van der Waals surface area contributed by atoms with Crippen LogP contribution in [0, 0.1) is 11.3 Å². The number of pyridine rings is 1. The molecule has 0 spiro atoms. The van der Waals surface area contributed by atoms with Crippen molar-refractivity contribution in [1.29, 1.82) is 5.26 Å². The number of hydrogen-bond acceptors (Lipinski definition) is 3. The van der Waals surface area contributed by atoms with Gasteiger partial charge in [0.2, 0.25) is 0 Å². The fourth-order valence-corrected chi connectivity index (χ4v) is 2.06. The lowest BCUT2D eigenvalue weighted by Gasteiger charge is -2.24. The van der Waals surface area contributed by atoms with E-state index in [0.717, 1.165) is 18.7 Å². The van der Waals surface area contributed by atoms with Crippen LogP contribution in [0.3, 0.4) is 0 Å². The SMILES string of the molecule is CC(C)N(C)c1nc2c(cc1C#N)CCC2. The smallest absolute Gasteiger partial charge is 0.146 e. The van der Waals surface area contributed by atoms with Crippen molar-refractivity contribution < 1.29 is 0 Å². The van der Waals surface area contributed by atoms with E-state index in [2.05, 4.69) is 29.8 Å². The summed E-state index contributed by atoms with van der Waals surface area (Å²) >= 11 is 0. The van der Waals surface area contributed by atoms with E-state index in [-0.39, 0.29) is 0 Å². The molecule has 1 heterocycles. The van der Waals surface area contributed by atoms with Gasteiger partial charge >= 0.3 is 0 Å². The molecule has 1 aliphatic carbocycles. The van der Waals surface area contributed by atoms with Gasteiger partial charge in [0, 0.05) is 18.8 Å². The first-order valence-electron chi connectivity index (χ1n) is 5.79. The van der Waals surface area contributed by atoms with Crippen LogP contribution in [0.25, 0.3) is 0 Å². The number of aryl methyl sites for hydroxylation is 2. The molecule has 16 heavy (non-hydrogen) atoms. The minimum Gasteiger partial charge on any atom is -0.356 e. The summed E-state index contributed by atoms with van der Waals surface area (Å²) in [6.07, 6.45) is 3.30. The molecule has 1 aromatic heterocycles. The quantitative estimate of drug-likeness (QED) is 0.760. The highest BCUT2D eigenvalue weighted by molar-refractivity contribution is 5.56. The zero-order valence-electron chi connectivity index (χ0n) is 10.1. The molecule has 1 aromatic rings. The van der Waals surface area contributed by atoms with Crippen LogP contribution in [0.2, 0.25) is 0 Å². The Labute approximate surface area is 96.7 Å². The molecule has 1 aliphatic rings. The maximum atomic E-state index is 9.16. The van der Waals surface area contributed by atoms with Crippen LogP contribution in [0.4, 0.5) is 5.82 Å². The zero-order valence-corrected chi connectivity index (χ0v) is 10.1. The summed E-state index contributed by atoms with van der Waals surface area (Å²) < 4.78 is 0. The summed E-state index contributed by atoms with van der Waals surface area (Å²) in [6, 6.07) is 4.63. The largest absolute Gasteiger partial charge is 0.356 e. The average Bonchev–Trinajstić information content (AvgIpc) is 2.72. The van der Waals surface area contributed by atoms with Crippen LogP contribution in [0.1, 0.15) is 37.1 Å². The molecule has 0 amide bonds. The molecule has 0 atom stereocenters. The van der Waals surface area contributed by atoms with Crippen molar-refractivity contribution >= 4 is 5.82 Å². The summed E-state index contributed by atoms with van der Waals surface area (Å²) in [7, 11) is 2.00. The molecule has 0 aromatic carbocycles. The van der Waals surface area contributed by atoms with E-state index in [1.54, 1.807) is 0 Å². The number of aromatic nitrogens is 1. The van der Waals surface area contributed by atoms with Crippen LogP contribution >= 0.6 is 0 Å². The number of nitriles is 1. The Morgan fingerprint density at radius 3 is 2.81 bits per heavy atom. The minimum atomic E-state index is 0.360. The first-order chi connectivity index (χ1) is 7.63. The maximum absolute atomic E-state index is 9.16. The molecule has 3 nitrogen and oxygen atoms in total. The molecular formula is C13H17N3. The molecule has 84 valence electrons. The van der Waals surface area contributed by atoms with E-state index >= 15 is 0 Å². The van der Waals surface area contributed by atoms with Crippen LogP contribution in [0.5, 0.6) is 0 Å². The van der Waals surface area contributed by atoms with Gasteiger partial charge in [-0.05, 0) is 44.7 Å². The molecule has 0 unspecified atom stereocenters. The summed E-state index contributed by atoms with van der Waals surface area (Å²) in [6.45, 7) is 4.21. The summed E-state index contributed by atoms with van der Waals surface area (Å²) in [5.41, 5.74) is 3.15. The third-order valence-electron chi connectivity index (χ3n) is 3.26. The third-order valence-corrected chi connectivity index (χ3v) is 3.26. The lowest BCUT2D eigenvalue weighted by molar-refractivity contribution is 0.739. The number of hydrogen-bond donors (Lipinski definition) is 0. The highest BCUT2D eigenvalue weighted by Crippen LogP contribution is 2.27. The van der Waals surface area contributed by atoms with E-state index < -0.39 is 0 Å². The number of nitrogens with zero attached hydrogens (tertiary/aromatic N) is 3. The van der Waals surface area contributed by atoms with Crippen molar-refractivity contribution in [2.24, 2.45) is 0 Å². The Hall–Kier alpha value is -1.56. The lowest BCUT2D eigenvalue weighted by Crippen LogP contribution is -2.27. The second kappa shape index (κ2) is 4.13. The Morgan fingerprint density at radius 1 is 1.44 bits per heavy atom. The predicted molar refractivity (Wildman–Crippen MR) is 64.5 cm³/mol. The van der Waals surface area contributed by atoms with Gasteiger partial charge in [0.15, 0.2) is 0 Å². The first-order valence-corrected chi connectivity index (χ1v) is 5.79. The Morgan fingerprint density at radius 2 is 2.19 bits per heavy atom. The van der Waals surface area contributed by atoms with Crippen LogP contribution < -0.4 is 4.90 Å². The molecule has 0 radical (unpaired) electrons. The van der Waals surface area contributed by atoms with Gasteiger partial charge in [0.1, 0.15) is 11.9 Å². The van der Waals surface area contributed by atoms with Gasteiger partial charge in [-0.15, -0.1) is 0 Å². The van der Waals surface area contributed by atoms with Crippen molar-refractivity contribution in [3.63, 3.8) is 0 Å². The molecule has 0 fully saturated rings. The Balaban J connectivity index is 2.49. The summed E-state index contributed by atoms with van der Waals surface area (Å²) in [5, 5.41) is 9.16. The molecule has 0 N–H and O–H groups in total. The number of rotatable bonds is 2. The van der Waals surface area contributed by atoms with Crippen molar-refractivity contribution in [2.45, 2.75) is 39.2 Å².